The monoisotopic (exact) mass is 847 g/mol. The normalized spacial score (nSPS) is 29.4. The molecule has 0 radical (unpaired) electrons. The van der Waals surface area contributed by atoms with Gasteiger partial charge in [0.05, 0.1) is 12.7 Å². The molecule has 7 rings (SSSR count). The number of Topliss-reactive ketones (excluding diaryl/α,β-unsaturated/α-hetero) is 1. The Bertz CT molecular complexity index is 1970. The van der Waals surface area contributed by atoms with Crippen molar-refractivity contribution >= 4 is 32.8 Å². The van der Waals surface area contributed by atoms with Gasteiger partial charge in [-0.1, -0.05) is 128 Å². The van der Waals surface area contributed by atoms with Gasteiger partial charge in [-0.2, -0.15) is 0 Å². The molecule has 324 valence electrons. The van der Waals surface area contributed by atoms with Crippen LogP contribution in [0.15, 0.2) is 78.9 Å². The van der Waals surface area contributed by atoms with Crippen LogP contribution in [0, 0.1) is 35.0 Å². The molecule has 1 heterocycles. The summed E-state index contributed by atoms with van der Waals surface area (Å²) in [7, 11) is -2.97. The highest BCUT2D eigenvalue weighted by Crippen LogP contribution is 2.66. The molecule has 60 heavy (non-hydrogen) atoms. The van der Waals surface area contributed by atoms with Gasteiger partial charge in [-0.15, -0.1) is 0 Å². The topological polar surface area (TPSA) is 54.0 Å². The summed E-state index contributed by atoms with van der Waals surface area (Å²) in [5, 5.41) is 2.50. The van der Waals surface area contributed by atoms with Crippen LogP contribution in [0.25, 0.3) is 0 Å². The van der Waals surface area contributed by atoms with Gasteiger partial charge in [0, 0.05) is 12.0 Å². The minimum atomic E-state index is -2.66. The zero-order valence-electron chi connectivity index (χ0n) is 38.6. The number of carbonyl (C=O) groups excluding carboxylic acids is 1. The van der Waals surface area contributed by atoms with E-state index in [-0.39, 0.29) is 22.2 Å². The molecule has 0 bridgehead atoms. The zero-order chi connectivity index (χ0) is 43.0. The maximum atomic E-state index is 14.3. The van der Waals surface area contributed by atoms with Crippen molar-refractivity contribution in [3.8, 4) is 17.6 Å². The van der Waals surface area contributed by atoms with E-state index < -0.39 is 33.9 Å². The van der Waals surface area contributed by atoms with Gasteiger partial charge in [-0.05, 0) is 151 Å². The molecule has 7 heteroatoms. The molecular formula is C53H74O5Si2. The summed E-state index contributed by atoms with van der Waals surface area (Å²) in [4.78, 5) is 14.3. The summed E-state index contributed by atoms with van der Waals surface area (Å²) in [6, 6.07) is 31.7. The number of fused-ring (bicyclic) bond motifs is 5. The molecule has 0 amide bonds. The third kappa shape index (κ3) is 8.18. The van der Waals surface area contributed by atoms with Gasteiger partial charge in [0.2, 0.25) is 5.78 Å². The number of ketones is 1. The summed E-state index contributed by atoms with van der Waals surface area (Å²) in [5.74, 6) is 9.87. The van der Waals surface area contributed by atoms with E-state index in [0.717, 1.165) is 68.8 Å². The van der Waals surface area contributed by atoms with Gasteiger partial charge >= 0.3 is 0 Å². The molecule has 0 aromatic heterocycles. The molecule has 0 unspecified atom stereocenters. The number of benzene rings is 3. The van der Waals surface area contributed by atoms with Crippen molar-refractivity contribution in [3.63, 3.8) is 0 Å². The lowest BCUT2D eigenvalue weighted by molar-refractivity contribution is -0.129. The van der Waals surface area contributed by atoms with Crippen molar-refractivity contribution in [1.29, 1.82) is 0 Å². The third-order valence-electron chi connectivity index (χ3n) is 16.2. The summed E-state index contributed by atoms with van der Waals surface area (Å²) >= 11 is 0. The van der Waals surface area contributed by atoms with E-state index in [1.165, 1.54) is 27.9 Å². The molecule has 3 aromatic carbocycles. The van der Waals surface area contributed by atoms with Crippen molar-refractivity contribution < 1.29 is 23.1 Å². The van der Waals surface area contributed by atoms with Crippen LogP contribution in [0.4, 0.5) is 0 Å². The Morgan fingerprint density at radius 2 is 1.52 bits per heavy atom. The molecule has 3 fully saturated rings. The van der Waals surface area contributed by atoms with Crippen molar-refractivity contribution in [2.24, 2.45) is 23.2 Å². The lowest BCUT2D eigenvalue weighted by Gasteiger charge is -2.55. The van der Waals surface area contributed by atoms with E-state index in [0.29, 0.717) is 30.8 Å². The Hall–Kier alpha value is -3.00. The van der Waals surface area contributed by atoms with E-state index in [1.54, 1.807) is 7.11 Å². The molecule has 3 aliphatic carbocycles. The molecule has 2 saturated carbocycles. The average Bonchev–Trinajstić information content (AvgIpc) is 3.78. The standard InChI is InChI=1S/C53H74O5Si2/c1-11-59(12-2,13-3)58-53(34-29-47-46-26-24-40-36-41(55-10)25-27-44(40)45(46)28-33-52(47,53)9)35-30-48(54)49-31-32-51(8,57-49)37-39(4)38-56-60(50(5,6)7,42-20-16-14-17-21-42)43-22-18-15-19-23-43/h14-23,25,27,36,39,45-47,49H,11-13,24,26,28-29,31-34,37-38H2,1-10H3/t39-,45-,46-,47+,49-,51-,52+,53-/m1/s1. The van der Waals surface area contributed by atoms with E-state index in [2.05, 4.69) is 153 Å². The zero-order valence-corrected chi connectivity index (χ0v) is 40.6. The van der Waals surface area contributed by atoms with Gasteiger partial charge < -0.3 is 18.3 Å². The smallest absolute Gasteiger partial charge is 0.261 e. The first-order valence-corrected chi connectivity index (χ1v) is 27.9. The number of ether oxygens (including phenoxy) is 2. The maximum absolute atomic E-state index is 14.3. The molecule has 8 atom stereocenters. The van der Waals surface area contributed by atoms with E-state index >= 15 is 0 Å². The molecule has 1 saturated heterocycles. The van der Waals surface area contributed by atoms with Gasteiger partial charge in [0.25, 0.3) is 8.32 Å². The number of hydrogen-bond acceptors (Lipinski definition) is 5. The Labute approximate surface area is 365 Å². The fourth-order valence-corrected chi connectivity index (χ4v) is 20.5. The minimum absolute atomic E-state index is 0.0732. The van der Waals surface area contributed by atoms with Crippen LogP contribution in [0.5, 0.6) is 5.75 Å². The average molecular weight is 847 g/mol. The fourth-order valence-electron chi connectivity index (χ4n) is 12.7. The van der Waals surface area contributed by atoms with Gasteiger partial charge in [-0.25, -0.2) is 0 Å². The second-order valence-electron chi connectivity index (χ2n) is 20.6. The second-order valence-corrected chi connectivity index (χ2v) is 29.6. The van der Waals surface area contributed by atoms with E-state index in [9.17, 15) is 4.79 Å². The number of hydrogen-bond donors (Lipinski definition) is 0. The van der Waals surface area contributed by atoms with Crippen LogP contribution < -0.4 is 15.1 Å². The van der Waals surface area contributed by atoms with Crippen LogP contribution in [0.3, 0.4) is 0 Å². The second kappa shape index (κ2) is 17.6. The lowest BCUT2D eigenvalue weighted by Crippen LogP contribution is -2.66. The largest absolute Gasteiger partial charge is 0.497 e. The first-order chi connectivity index (χ1) is 28.6. The predicted octanol–water partition coefficient (Wildman–Crippen LogP) is 11.4. The maximum Gasteiger partial charge on any atom is 0.261 e. The third-order valence-corrected chi connectivity index (χ3v) is 25.9. The van der Waals surface area contributed by atoms with Gasteiger partial charge in [0.1, 0.15) is 17.5 Å². The van der Waals surface area contributed by atoms with Crippen LogP contribution in [0.2, 0.25) is 23.2 Å². The summed E-state index contributed by atoms with van der Waals surface area (Å²) in [6.07, 6.45) is 8.37. The first-order valence-electron chi connectivity index (χ1n) is 23.5. The van der Waals surface area contributed by atoms with Crippen molar-refractivity contribution in [2.75, 3.05) is 13.7 Å². The van der Waals surface area contributed by atoms with E-state index in [1.807, 2.05) is 0 Å². The van der Waals surface area contributed by atoms with Gasteiger partial charge in [0.15, 0.2) is 8.32 Å². The number of carbonyl (C=O) groups is 1. The van der Waals surface area contributed by atoms with Crippen molar-refractivity contribution in [2.45, 2.75) is 166 Å². The fraction of sp³-hybridized carbons (Fsp3) is 0.604. The molecule has 5 nitrogen and oxygen atoms in total. The van der Waals surface area contributed by atoms with Crippen molar-refractivity contribution in [1.82, 2.24) is 0 Å². The summed E-state index contributed by atoms with van der Waals surface area (Å²) in [5.41, 5.74) is 1.86. The van der Waals surface area contributed by atoms with E-state index in [4.69, 9.17) is 18.3 Å². The van der Waals surface area contributed by atoms with Crippen LogP contribution in [-0.2, 0) is 24.8 Å². The highest BCUT2D eigenvalue weighted by molar-refractivity contribution is 6.99. The number of methoxy groups -OCH3 is 1. The molecule has 0 N–H and O–H groups in total. The van der Waals surface area contributed by atoms with Crippen LogP contribution in [0.1, 0.15) is 131 Å². The molecule has 0 spiro atoms. The highest BCUT2D eigenvalue weighted by Gasteiger charge is 2.64. The molecule has 3 aromatic rings. The Morgan fingerprint density at radius 3 is 2.12 bits per heavy atom. The number of aryl methyl sites for hydroxylation is 1. The summed E-state index contributed by atoms with van der Waals surface area (Å²) < 4.78 is 27.4. The Kier molecular flexibility index (Phi) is 13.2. The van der Waals surface area contributed by atoms with Crippen LogP contribution in [-0.4, -0.2) is 53.4 Å². The highest BCUT2D eigenvalue weighted by atomic mass is 28.4. The first kappa shape index (κ1) is 45.0. The molecular weight excluding hydrogens is 773 g/mol. The molecule has 1 aliphatic heterocycles. The Balaban J connectivity index is 1.09. The minimum Gasteiger partial charge on any atom is -0.497 e. The Morgan fingerprint density at radius 1 is 0.867 bits per heavy atom. The quantitative estimate of drug-likeness (QED) is 0.0919. The van der Waals surface area contributed by atoms with Gasteiger partial charge in [-0.3, -0.25) is 4.79 Å². The summed E-state index contributed by atoms with van der Waals surface area (Å²) in [6.45, 7) is 21.5. The van der Waals surface area contributed by atoms with Crippen LogP contribution >= 0.6 is 0 Å². The van der Waals surface area contributed by atoms with Crippen molar-refractivity contribution in [3.05, 3.63) is 90.0 Å². The molecule has 4 aliphatic rings. The number of rotatable bonds is 14. The predicted molar refractivity (Wildman–Crippen MR) is 251 cm³/mol. The lowest BCUT2D eigenvalue weighted by atomic mass is 9.53. The SMILES string of the molecule is CC[Si](CC)(CC)O[C@@]1(C#CC(=O)[C@H]2CC[C@](C)(C[C@@H](C)CO[Si](c3ccccc3)(c3ccccc3)C(C)(C)C)O2)CC[C@H]2[C@@H]3CCc4cc(OC)ccc4[C@H]3CC[C@@]21C.